The zero-order valence-electron chi connectivity index (χ0n) is 14.6. The van der Waals surface area contributed by atoms with E-state index in [1.165, 1.54) is 39.4 Å². The van der Waals surface area contributed by atoms with Crippen LogP contribution in [0.1, 0.15) is 13.3 Å². The Labute approximate surface area is 147 Å². The molecular formula is C16H22N2O6S. The molecule has 0 aromatic heterocycles. The van der Waals surface area contributed by atoms with Crippen LogP contribution in [0.3, 0.4) is 0 Å². The van der Waals surface area contributed by atoms with Crippen LogP contribution in [-0.2, 0) is 24.3 Å². The van der Waals surface area contributed by atoms with E-state index < -0.39 is 22.5 Å². The molecule has 1 amide bonds. The summed E-state index contributed by atoms with van der Waals surface area (Å²) in [6, 6.07) is 4.26. The molecule has 0 bridgehead atoms. The minimum Gasteiger partial charge on any atom is -0.495 e. The molecule has 0 aliphatic heterocycles. The Balaban J connectivity index is 2.07. The Morgan fingerprint density at radius 3 is 2.48 bits per heavy atom. The standard InChI is InChI=1S/C16H22N2O6S/c1-10-7-12(10)16(20)24-9-15(19)17-11-5-6-13(23-4)14(8-11)25(21,22)18(2)3/h5-6,8,10,12H,7,9H2,1-4H3,(H,17,19)/t10-,12-/m0/s1. The Morgan fingerprint density at radius 1 is 1.32 bits per heavy atom. The number of rotatable bonds is 7. The normalized spacial score (nSPS) is 19.4. The van der Waals surface area contributed by atoms with Crippen molar-refractivity contribution in [2.24, 2.45) is 11.8 Å². The van der Waals surface area contributed by atoms with Gasteiger partial charge in [0.05, 0.1) is 13.0 Å². The number of carbonyl (C=O) groups excluding carboxylic acids is 2. The molecule has 1 saturated carbocycles. The van der Waals surface area contributed by atoms with Gasteiger partial charge in [0.1, 0.15) is 10.6 Å². The second-order valence-electron chi connectivity index (χ2n) is 6.13. The lowest BCUT2D eigenvalue weighted by molar-refractivity contribution is -0.148. The third kappa shape index (κ3) is 4.49. The lowest BCUT2D eigenvalue weighted by Gasteiger charge is -2.16. The van der Waals surface area contributed by atoms with Crippen LogP contribution < -0.4 is 10.1 Å². The zero-order valence-corrected chi connectivity index (χ0v) is 15.4. The van der Waals surface area contributed by atoms with Gasteiger partial charge in [-0.3, -0.25) is 9.59 Å². The molecule has 0 heterocycles. The van der Waals surface area contributed by atoms with Crippen molar-refractivity contribution in [1.29, 1.82) is 0 Å². The van der Waals surface area contributed by atoms with E-state index in [0.717, 1.165) is 10.7 Å². The molecule has 1 aliphatic rings. The SMILES string of the molecule is COc1ccc(NC(=O)COC(=O)[C@H]2C[C@@H]2C)cc1S(=O)(=O)N(C)C. The lowest BCUT2D eigenvalue weighted by Crippen LogP contribution is -2.24. The van der Waals surface area contributed by atoms with Gasteiger partial charge < -0.3 is 14.8 Å². The molecule has 0 saturated heterocycles. The van der Waals surface area contributed by atoms with Crippen molar-refractivity contribution < 1.29 is 27.5 Å². The monoisotopic (exact) mass is 370 g/mol. The molecule has 1 N–H and O–H groups in total. The number of sulfonamides is 1. The fraction of sp³-hybridized carbons (Fsp3) is 0.500. The van der Waals surface area contributed by atoms with E-state index in [4.69, 9.17) is 9.47 Å². The van der Waals surface area contributed by atoms with Gasteiger partial charge >= 0.3 is 5.97 Å². The highest BCUT2D eigenvalue weighted by molar-refractivity contribution is 7.89. The first kappa shape index (κ1) is 19.2. The molecule has 0 spiro atoms. The third-order valence-corrected chi connectivity index (χ3v) is 5.80. The van der Waals surface area contributed by atoms with Crippen LogP contribution in [0, 0.1) is 11.8 Å². The number of nitrogens with one attached hydrogen (secondary N) is 1. The van der Waals surface area contributed by atoms with Crippen molar-refractivity contribution >= 4 is 27.6 Å². The summed E-state index contributed by atoms with van der Waals surface area (Å²) in [5.41, 5.74) is 0.266. The van der Waals surface area contributed by atoms with Gasteiger partial charge in [0, 0.05) is 19.8 Å². The van der Waals surface area contributed by atoms with Crippen LogP contribution in [-0.4, -0.2) is 52.4 Å². The number of hydrogen-bond acceptors (Lipinski definition) is 6. The molecule has 9 heteroatoms. The summed E-state index contributed by atoms with van der Waals surface area (Å²) in [5, 5.41) is 2.52. The van der Waals surface area contributed by atoms with Gasteiger partial charge in [0.25, 0.3) is 5.91 Å². The number of nitrogens with zero attached hydrogens (tertiary/aromatic N) is 1. The fourth-order valence-electron chi connectivity index (χ4n) is 2.24. The molecule has 0 unspecified atom stereocenters. The van der Waals surface area contributed by atoms with E-state index >= 15 is 0 Å². The zero-order chi connectivity index (χ0) is 18.8. The smallest absolute Gasteiger partial charge is 0.309 e. The van der Waals surface area contributed by atoms with E-state index in [9.17, 15) is 18.0 Å². The highest BCUT2D eigenvalue weighted by atomic mass is 32.2. The van der Waals surface area contributed by atoms with Crippen LogP contribution in [0.25, 0.3) is 0 Å². The summed E-state index contributed by atoms with van der Waals surface area (Å²) in [5.74, 6) is -0.573. The molecule has 138 valence electrons. The van der Waals surface area contributed by atoms with Gasteiger partial charge in [0.15, 0.2) is 6.61 Å². The van der Waals surface area contributed by atoms with Gasteiger partial charge in [-0.1, -0.05) is 6.92 Å². The van der Waals surface area contributed by atoms with Gasteiger partial charge in [-0.2, -0.15) is 0 Å². The van der Waals surface area contributed by atoms with Crippen molar-refractivity contribution in [1.82, 2.24) is 4.31 Å². The van der Waals surface area contributed by atoms with E-state index in [1.807, 2.05) is 6.92 Å². The van der Waals surface area contributed by atoms with Crippen molar-refractivity contribution in [2.45, 2.75) is 18.2 Å². The number of anilines is 1. The first-order valence-corrected chi connectivity index (χ1v) is 9.18. The largest absolute Gasteiger partial charge is 0.495 e. The Bertz CT molecular complexity index is 775. The summed E-state index contributed by atoms with van der Waals surface area (Å²) in [4.78, 5) is 23.5. The van der Waals surface area contributed by atoms with E-state index in [1.54, 1.807) is 0 Å². The molecule has 8 nitrogen and oxygen atoms in total. The van der Waals surface area contributed by atoms with Crippen molar-refractivity contribution in [2.75, 3.05) is 33.1 Å². The van der Waals surface area contributed by atoms with Gasteiger partial charge in [-0.15, -0.1) is 0 Å². The summed E-state index contributed by atoms with van der Waals surface area (Å²) < 4.78 is 35.8. The van der Waals surface area contributed by atoms with Crippen LogP contribution >= 0.6 is 0 Å². The number of carbonyl (C=O) groups is 2. The van der Waals surface area contributed by atoms with Crippen molar-refractivity contribution in [3.8, 4) is 5.75 Å². The first-order valence-electron chi connectivity index (χ1n) is 7.74. The topological polar surface area (TPSA) is 102 Å². The first-order chi connectivity index (χ1) is 11.7. The number of benzene rings is 1. The van der Waals surface area contributed by atoms with Crippen LogP contribution in [0.4, 0.5) is 5.69 Å². The summed E-state index contributed by atoms with van der Waals surface area (Å²) >= 11 is 0. The van der Waals surface area contributed by atoms with Gasteiger partial charge in [0.2, 0.25) is 10.0 Å². The highest BCUT2D eigenvalue weighted by Gasteiger charge is 2.40. The van der Waals surface area contributed by atoms with Crippen molar-refractivity contribution in [3.05, 3.63) is 18.2 Å². The van der Waals surface area contributed by atoms with Gasteiger partial charge in [-0.05, 0) is 30.5 Å². The maximum absolute atomic E-state index is 12.3. The number of ether oxygens (including phenoxy) is 2. The maximum atomic E-state index is 12.3. The average Bonchev–Trinajstić information content (AvgIpc) is 3.29. The van der Waals surface area contributed by atoms with Crippen LogP contribution in [0.5, 0.6) is 5.75 Å². The Hall–Kier alpha value is -2.13. The highest BCUT2D eigenvalue weighted by Crippen LogP contribution is 2.38. The van der Waals surface area contributed by atoms with E-state index in [-0.39, 0.29) is 28.2 Å². The average molecular weight is 370 g/mol. The predicted molar refractivity (Wildman–Crippen MR) is 90.7 cm³/mol. The third-order valence-electron chi connectivity index (χ3n) is 3.96. The molecule has 1 aliphatic carbocycles. The fourth-order valence-corrected chi connectivity index (χ4v) is 3.32. The molecule has 1 aromatic rings. The summed E-state index contributed by atoms with van der Waals surface area (Å²) in [7, 11) is 0.423. The van der Waals surface area contributed by atoms with Crippen molar-refractivity contribution in [3.63, 3.8) is 0 Å². The Morgan fingerprint density at radius 2 is 1.96 bits per heavy atom. The summed E-state index contributed by atoms with van der Waals surface area (Å²) in [6.07, 6.45) is 0.782. The van der Waals surface area contributed by atoms with Crippen LogP contribution in [0.2, 0.25) is 0 Å². The molecule has 2 rings (SSSR count). The maximum Gasteiger partial charge on any atom is 0.309 e. The minimum atomic E-state index is -3.74. The van der Waals surface area contributed by atoms with Crippen LogP contribution in [0.15, 0.2) is 23.1 Å². The number of esters is 1. The molecule has 1 aromatic carbocycles. The molecule has 1 fully saturated rings. The van der Waals surface area contributed by atoms with Gasteiger partial charge in [-0.25, -0.2) is 12.7 Å². The quantitative estimate of drug-likeness (QED) is 0.721. The lowest BCUT2D eigenvalue weighted by atomic mass is 10.3. The minimum absolute atomic E-state index is 0.0680. The van der Waals surface area contributed by atoms with E-state index in [0.29, 0.717) is 5.92 Å². The Kier molecular flexibility index (Phi) is 5.69. The molecule has 0 radical (unpaired) electrons. The number of amides is 1. The second kappa shape index (κ2) is 7.40. The number of hydrogen-bond donors (Lipinski definition) is 1. The molecular weight excluding hydrogens is 348 g/mol. The molecule has 25 heavy (non-hydrogen) atoms. The predicted octanol–water partition coefficient (Wildman–Crippen LogP) is 1.08. The molecule has 2 atom stereocenters. The second-order valence-corrected chi connectivity index (χ2v) is 8.25. The summed E-state index contributed by atoms with van der Waals surface area (Å²) in [6.45, 7) is 1.53. The van der Waals surface area contributed by atoms with E-state index in [2.05, 4.69) is 5.32 Å². The number of methoxy groups -OCH3 is 1.